The molecule has 0 bridgehead atoms. The Balaban J connectivity index is 0.00000112. The molecule has 1 aromatic heterocycles. The number of rotatable bonds is 4. The summed E-state index contributed by atoms with van der Waals surface area (Å²) in [6.07, 6.45) is 1.64. The van der Waals surface area contributed by atoms with Gasteiger partial charge < -0.3 is 24.9 Å². The molecule has 1 aliphatic heterocycles. The van der Waals surface area contributed by atoms with Gasteiger partial charge in [-0.05, 0) is 54.8 Å². The molecule has 0 saturated heterocycles. The number of carbonyl (C=O) groups is 1. The van der Waals surface area contributed by atoms with Gasteiger partial charge in [0.1, 0.15) is 0 Å². The molecule has 1 aliphatic carbocycles. The molecule has 6 nitrogen and oxygen atoms in total. The first-order valence-electron chi connectivity index (χ1n) is 8.62. The van der Waals surface area contributed by atoms with Gasteiger partial charge in [-0.25, -0.2) is 0 Å². The predicted molar refractivity (Wildman–Crippen MR) is 101 cm³/mol. The van der Waals surface area contributed by atoms with Crippen molar-refractivity contribution in [3.8, 4) is 11.5 Å². The van der Waals surface area contributed by atoms with Gasteiger partial charge in [0.2, 0.25) is 12.7 Å². The Morgan fingerprint density at radius 2 is 2.00 bits per heavy atom. The lowest BCUT2D eigenvalue weighted by Crippen LogP contribution is -2.27. The second kappa shape index (κ2) is 5.51. The zero-order valence-electron chi connectivity index (χ0n) is 14.0. The molecule has 1 fully saturated rings. The Kier molecular flexibility index (Phi) is 3.24. The molecule has 5 rings (SSSR count). The van der Waals surface area contributed by atoms with Gasteiger partial charge in [0.25, 0.3) is 0 Å². The third kappa shape index (κ3) is 2.34. The summed E-state index contributed by atoms with van der Waals surface area (Å²) in [7, 11) is 0. The van der Waals surface area contributed by atoms with Gasteiger partial charge in [0.05, 0.1) is 12.0 Å². The van der Waals surface area contributed by atoms with Crippen molar-refractivity contribution < 1.29 is 22.2 Å². The number of fused-ring (bicyclic) bond motifs is 2. The number of carbonyl (C=O) groups excluding carboxylic acids is 1. The summed E-state index contributed by atoms with van der Waals surface area (Å²) in [5, 5.41) is 13.2. The molecule has 1 saturated carbocycles. The number of aliphatic hydroxyl groups excluding tert-OH is 1. The third-order valence-electron chi connectivity index (χ3n) is 5.21. The van der Waals surface area contributed by atoms with Crippen LogP contribution < -0.4 is 14.8 Å². The average molecular weight is 354 g/mol. The predicted octanol–water partition coefficient (Wildman–Crippen LogP) is 3.55. The van der Waals surface area contributed by atoms with Crippen LogP contribution in [0.5, 0.6) is 11.5 Å². The Hall–Kier alpha value is -2.99. The van der Waals surface area contributed by atoms with E-state index >= 15 is 0 Å². The first-order chi connectivity index (χ1) is 12.7. The van der Waals surface area contributed by atoms with E-state index in [2.05, 4.69) is 10.3 Å². The molecule has 136 valence electrons. The largest absolute Gasteiger partial charge is 0.454 e. The summed E-state index contributed by atoms with van der Waals surface area (Å²) in [5.41, 5.74) is 2.90. The number of aromatic amines is 1. The van der Waals surface area contributed by atoms with Crippen molar-refractivity contribution in [1.29, 1.82) is 0 Å². The molecule has 0 unspecified atom stereocenters. The van der Waals surface area contributed by atoms with Crippen molar-refractivity contribution in [1.82, 2.24) is 4.98 Å². The molecule has 2 aliphatic rings. The smallest absolute Gasteiger partial charge is 0.235 e. The summed E-state index contributed by atoms with van der Waals surface area (Å²) in [6, 6.07) is 13.3. The number of anilines is 1. The second-order valence-corrected chi connectivity index (χ2v) is 6.86. The van der Waals surface area contributed by atoms with E-state index in [1.165, 1.54) is 0 Å². The van der Waals surface area contributed by atoms with Crippen LogP contribution in [0.25, 0.3) is 10.9 Å². The van der Waals surface area contributed by atoms with Gasteiger partial charge in [0.15, 0.2) is 11.5 Å². The second-order valence-electron chi connectivity index (χ2n) is 6.86. The van der Waals surface area contributed by atoms with Crippen molar-refractivity contribution >= 4 is 22.5 Å². The van der Waals surface area contributed by atoms with Crippen LogP contribution in [-0.4, -0.2) is 22.8 Å². The number of hydrogen-bond donors (Lipinski definition) is 3. The van der Waals surface area contributed by atoms with Crippen LogP contribution in [0.3, 0.4) is 0 Å². The van der Waals surface area contributed by atoms with Crippen LogP contribution in [-0.2, 0) is 16.8 Å². The van der Waals surface area contributed by atoms with Crippen molar-refractivity contribution in [2.24, 2.45) is 0 Å². The third-order valence-corrected chi connectivity index (χ3v) is 5.21. The molecule has 2 aromatic carbocycles. The van der Waals surface area contributed by atoms with Crippen LogP contribution in [0.4, 0.5) is 5.69 Å². The molecule has 0 radical (unpaired) electrons. The van der Waals surface area contributed by atoms with Gasteiger partial charge >= 0.3 is 0 Å². The number of hydrogen-bond acceptors (Lipinski definition) is 4. The lowest BCUT2D eigenvalue weighted by atomic mass is 9.94. The van der Waals surface area contributed by atoms with E-state index in [9.17, 15) is 9.90 Å². The minimum absolute atomic E-state index is 0. The number of aliphatic hydroxyl groups is 1. The fourth-order valence-corrected chi connectivity index (χ4v) is 3.57. The summed E-state index contributed by atoms with van der Waals surface area (Å²) < 4.78 is 10.8. The monoisotopic (exact) mass is 354 g/mol. The molecular formula is C20H22N2O4. The first kappa shape index (κ1) is 15.3. The van der Waals surface area contributed by atoms with Crippen molar-refractivity contribution in [2.45, 2.75) is 24.9 Å². The number of H-pyrrole nitrogens is 1. The van der Waals surface area contributed by atoms with E-state index in [1.54, 1.807) is 0 Å². The summed E-state index contributed by atoms with van der Waals surface area (Å²) >= 11 is 0. The molecule has 3 N–H and O–H groups in total. The highest BCUT2D eigenvalue weighted by Gasteiger charge is 2.51. The van der Waals surface area contributed by atoms with Gasteiger partial charge in [-0.15, -0.1) is 0 Å². The molecular weight excluding hydrogens is 332 g/mol. The Bertz CT molecular complexity index is 1030. The molecule has 1 amide bonds. The summed E-state index contributed by atoms with van der Waals surface area (Å²) in [6.45, 7) is 0.189. The normalized spacial score (nSPS) is 16.7. The van der Waals surface area contributed by atoms with E-state index < -0.39 is 5.41 Å². The van der Waals surface area contributed by atoms with Crippen LogP contribution >= 0.6 is 0 Å². The minimum Gasteiger partial charge on any atom is -0.454 e. The van der Waals surface area contributed by atoms with E-state index in [4.69, 9.17) is 9.47 Å². The van der Waals surface area contributed by atoms with Crippen molar-refractivity contribution in [3.05, 3.63) is 53.7 Å². The standard InChI is InChI=1S/C20H18N2O4.2H2/c23-10-15-8-12-7-14(2-3-16(12)21-15)22-19(24)20(5-6-20)13-1-4-17-18(9-13)26-11-25-17;;/h1-4,7-9,21,23H,5-6,10-11H2,(H,22,24);2*1H. The van der Waals surface area contributed by atoms with Crippen LogP contribution in [0, 0.1) is 0 Å². The van der Waals surface area contributed by atoms with Crippen molar-refractivity contribution in [2.75, 3.05) is 12.1 Å². The zero-order valence-corrected chi connectivity index (χ0v) is 14.0. The highest BCUT2D eigenvalue weighted by atomic mass is 16.7. The minimum atomic E-state index is -0.496. The SMILES string of the molecule is O=C(Nc1ccc2[nH]c(CO)cc2c1)C1(c2ccc3c(c2)OCO3)CC1.[HH].[HH]. The van der Waals surface area contributed by atoms with Gasteiger partial charge in [-0.2, -0.15) is 0 Å². The number of benzene rings is 2. The fourth-order valence-electron chi connectivity index (χ4n) is 3.57. The van der Waals surface area contributed by atoms with Crippen LogP contribution in [0.2, 0.25) is 0 Å². The molecule has 2 heterocycles. The Morgan fingerprint density at radius 3 is 2.81 bits per heavy atom. The van der Waals surface area contributed by atoms with E-state index in [0.717, 1.165) is 46.4 Å². The topological polar surface area (TPSA) is 83.6 Å². The van der Waals surface area contributed by atoms with Crippen LogP contribution in [0.15, 0.2) is 42.5 Å². The number of nitrogens with one attached hydrogen (secondary N) is 2. The maximum atomic E-state index is 13.0. The number of ether oxygens (including phenoxy) is 2. The average Bonchev–Trinajstić information content (AvgIpc) is 3.16. The molecule has 0 atom stereocenters. The highest BCUT2D eigenvalue weighted by molar-refractivity contribution is 6.02. The van der Waals surface area contributed by atoms with Crippen LogP contribution in [0.1, 0.15) is 27.0 Å². The Labute approximate surface area is 152 Å². The summed E-state index contributed by atoms with van der Waals surface area (Å²) in [4.78, 5) is 16.1. The van der Waals surface area contributed by atoms with Gasteiger partial charge in [-0.3, -0.25) is 4.79 Å². The lowest BCUT2D eigenvalue weighted by Gasteiger charge is -2.16. The molecule has 3 aromatic rings. The van der Waals surface area contributed by atoms with Crippen molar-refractivity contribution in [3.63, 3.8) is 0 Å². The van der Waals surface area contributed by atoms with E-state index in [1.807, 2.05) is 42.5 Å². The summed E-state index contributed by atoms with van der Waals surface area (Å²) in [5.74, 6) is 1.42. The van der Waals surface area contributed by atoms with Gasteiger partial charge in [-0.1, -0.05) is 6.07 Å². The zero-order chi connectivity index (χ0) is 17.7. The molecule has 0 spiro atoms. The first-order valence-corrected chi connectivity index (χ1v) is 8.62. The quantitative estimate of drug-likeness (QED) is 0.669. The van der Waals surface area contributed by atoms with E-state index in [0.29, 0.717) is 5.75 Å². The van der Waals surface area contributed by atoms with E-state index in [-0.39, 0.29) is 22.2 Å². The molecule has 6 heteroatoms. The fraction of sp³-hybridized carbons (Fsp3) is 0.250. The maximum Gasteiger partial charge on any atom is 0.235 e. The highest BCUT2D eigenvalue weighted by Crippen LogP contribution is 2.51. The maximum absolute atomic E-state index is 13.0. The Morgan fingerprint density at radius 1 is 1.15 bits per heavy atom. The van der Waals surface area contributed by atoms with Gasteiger partial charge in [0, 0.05) is 25.1 Å². The lowest BCUT2D eigenvalue weighted by molar-refractivity contribution is -0.118. The molecule has 26 heavy (non-hydrogen) atoms. The number of aromatic nitrogens is 1. The number of amides is 1.